The van der Waals surface area contributed by atoms with Crippen LogP contribution in [0.2, 0.25) is 0 Å². The molecule has 0 unspecified atom stereocenters. The molecule has 3 N–H and O–H groups in total. The topological polar surface area (TPSA) is 86.6 Å². The van der Waals surface area contributed by atoms with Gasteiger partial charge in [-0.05, 0) is 36.4 Å². The summed E-state index contributed by atoms with van der Waals surface area (Å²) in [5, 5.41) is 23.2. The number of para-hydroxylation sites is 1. The van der Waals surface area contributed by atoms with Crippen molar-refractivity contribution in [3.8, 4) is 5.75 Å². The Morgan fingerprint density at radius 1 is 1.20 bits per heavy atom. The van der Waals surface area contributed by atoms with E-state index in [1.807, 2.05) is 0 Å². The molecule has 0 saturated carbocycles. The van der Waals surface area contributed by atoms with Gasteiger partial charge in [-0.2, -0.15) is 0 Å². The van der Waals surface area contributed by atoms with E-state index in [0.29, 0.717) is 11.1 Å². The van der Waals surface area contributed by atoms with Crippen LogP contribution in [-0.2, 0) is 0 Å². The SMILES string of the molecule is Cc1cccc(C(=O)Nc2c(C)csc2C(=O)O)c1O. The molecule has 1 aromatic carbocycles. The number of carbonyl (C=O) groups excluding carboxylic acids is 1. The van der Waals surface area contributed by atoms with Crippen LogP contribution in [0.4, 0.5) is 5.69 Å². The fourth-order valence-corrected chi connectivity index (χ4v) is 2.62. The highest BCUT2D eigenvalue weighted by molar-refractivity contribution is 7.12. The monoisotopic (exact) mass is 291 g/mol. The Hall–Kier alpha value is -2.34. The number of carbonyl (C=O) groups is 2. The minimum atomic E-state index is -1.09. The zero-order valence-corrected chi connectivity index (χ0v) is 11.7. The van der Waals surface area contributed by atoms with Crippen molar-refractivity contribution in [1.29, 1.82) is 0 Å². The number of hydrogen-bond acceptors (Lipinski definition) is 4. The van der Waals surface area contributed by atoms with Gasteiger partial charge in [0.1, 0.15) is 10.6 Å². The number of benzene rings is 1. The number of carboxylic acid groups (broad SMARTS) is 1. The van der Waals surface area contributed by atoms with Crippen molar-refractivity contribution < 1.29 is 19.8 Å². The van der Waals surface area contributed by atoms with Gasteiger partial charge in [0.25, 0.3) is 5.91 Å². The second-order valence-electron chi connectivity index (χ2n) is 4.35. The highest BCUT2D eigenvalue weighted by Crippen LogP contribution is 2.29. The number of carboxylic acids is 1. The molecular formula is C14H13NO4S. The molecule has 1 amide bonds. The Bertz CT molecular complexity index is 690. The van der Waals surface area contributed by atoms with Crippen LogP contribution in [0, 0.1) is 13.8 Å². The van der Waals surface area contributed by atoms with Gasteiger partial charge < -0.3 is 15.5 Å². The molecule has 0 atom stereocenters. The van der Waals surface area contributed by atoms with Crippen molar-refractivity contribution in [3.63, 3.8) is 0 Å². The molecule has 0 aliphatic rings. The number of aromatic carboxylic acids is 1. The van der Waals surface area contributed by atoms with Gasteiger partial charge in [-0.15, -0.1) is 11.3 Å². The first kappa shape index (κ1) is 14.1. The molecule has 0 bridgehead atoms. The van der Waals surface area contributed by atoms with Gasteiger partial charge in [-0.3, -0.25) is 4.79 Å². The number of aromatic hydroxyl groups is 1. The molecule has 0 aliphatic heterocycles. The largest absolute Gasteiger partial charge is 0.507 e. The third-order valence-electron chi connectivity index (χ3n) is 2.89. The van der Waals surface area contributed by atoms with Crippen molar-refractivity contribution in [2.24, 2.45) is 0 Å². The van der Waals surface area contributed by atoms with E-state index >= 15 is 0 Å². The fraction of sp³-hybridized carbons (Fsp3) is 0.143. The zero-order valence-electron chi connectivity index (χ0n) is 10.9. The Morgan fingerprint density at radius 3 is 2.55 bits per heavy atom. The molecule has 0 spiro atoms. The molecule has 0 aliphatic carbocycles. The summed E-state index contributed by atoms with van der Waals surface area (Å²) in [5.41, 5.74) is 1.64. The number of aryl methyl sites for hydroxylation is 2. The van der Waals surface area contributed by atoms with E-state index in [2.05, 4.69) is 5.32 Å². The van der Waals surface area contributed by atoms with Crippen LogP contribution in [0.1, 0.15) is 31.2 Å². The molecule has 1 heterocycles. The lowest BCUT2D eigenvalue weighted by molar-refractivity contribution is 0.0703. The summed E-state index contributed by atoms with van der Waals surface area (Å²) < 4.78 is 0. The predicted octanol–water partition coefficient (Wildman–Crippen LogP) is 3.02. The van der Waals surface area contributed by atoms with Gasteiger partial charge in [0.2, 0.25) is 0 Å². The summed E-state index contributed by atoms with van der Waals surface area (Å²) in [5.74, 6) is -1.73. The molecular weight excluding hydrogens is 278 g/mol. The summed E-state index contributed by atoms with van der Waals surface area (Å²) in [6, 6.07) is 4.83. The van der Waals surface area contributed by atoms with Crippen molar-refractivity contribution in [2.45, 2.75) is 13.8 Å². The number of anilines is 1. The van der Waals surface area contributed by atoms with Gasteiger partial charge in [-0.1, -0.05) is 12.1 Å². The van der Waals surface area contributed by atoms with Crippen LogP contribution in [0.5, 0.6) is 5.75 Å². The van der Waals surface area contributed by atoms with E-state index in [9.17, 15) is 14.7 Å². The van der Waals surface area contributed by atoms with E-state index in [0.717, 1.165) is 11.3 Å². The third kappa shape index (κ3) is 2.50. The second kappa shape index (κ2) is 5.34. The smallest absolute Gasteiger partial charge is 0.348 e. The third-order valence-corrected chi connectivity index (χ3v) is 3.98. The van der Waals surface area contributed by atoms with Crippen molar-refractivity contribution in [3.05, 3.63) is 45.1 Å². The molecule has 104 valence electrons. The molecule has 0 fully saturated rings. The molecule has 5 nitrogen and oxygen atoms in total. The number of hydrogen-bond donors (Lipinski definition) is 3. The number of rotatable bonds is 3. The molecule has 2 aromatic rings. The normalized spacial score (nSPS) is 10.3. The van der Waals surface area contributed by atoms with E-state index in [1.165, 1.54) is 6.07 Å². The molecule has 2 rings (SSSR count). The van der Waals surface area contributed by atoms with Gasteiger partial charge in [0.15, 0.2) is 0 Å². The molecule has 0 radical (unpaired) electrons. The average molecular weight is 291 g/mol. The summed E-state index contributed by atoms with van der Waals surface area (Å²) in [6.07, 6.45) is 0. The highest BCUT2D eigenvalue weighted by Gasteiger charge is 2.19. The van der Waals surface area contributed by atoms with Gasteiger partial charge >= 0.3 is 5.97 Å². The highest BCUT2D eigenvalue weighted by atomic mass is 32.1. The minimum absolute atomic E-state index is 0.0722. The van der Waals surface area contributed by atoms with Gasteiger partial charge in [0.05, 0.1) is 11.3 Å². The quantitative estimate of drug-likeness (QED) is 0.811. The minimum Gasteiger partial charge on any atom is -0.507 e. The number of thiophene rings is 1. The lowest BCUT2D eigenvalue weighted by Crippen LogP contribution is -2.14. The van der Waals surface area contributed by atoms with Crippen molar-refractivity contribution >= 4 is 28.9 Å². The first-order valence-corrected chi connectivity index (χ1v) is 6.71. The maximum atomic E-state index is 12.2. The van der Waals surface area contributed by atoms with Crippen LogP contribution in [0.3, 0.4) is 0 Å². The summed E-state index contributed by atoms with van der Waals surface area (Å²) in [4.78, 5) is 23.3. The van der Waals surface area contributed by atoms with E-state index in [4.69, 9.17) is 5.11 Å². The first-order chi connectivity index (χ1) is 9.41. The van der Waals surface area contributed by atoms with Crippen molar-refractivity contribution in [2.75, 3.05) is 5.32 Å². The van der Waals surface area contributed by atoms with E-state index < -0.39 is 11.9 Å². The molecule has 0 saturated heterocycles. The van der Waals surface area contributed by atoms with Gasteiger partial charge in [0, 0.05) is 0 Å². The molecule has 1 aromatic heterocycles. The van der Waals surface area contributed by atoms with Gasteiger partial charge in [-0.25, -0.2) is 4.79 Å². The maximum Gasteiger partial charge on any atom is 0.348 e. The number of nitrogens with one attached hydrogen (secondary N) is 1. The summed E-state index contributed by atoms with van der Waals surface area (Å²) >= 11 is 1.05. The lowest BCUT2D eigenvalue weighted by Gasteiger charge is -2.09. The van der Waals surface area contributed by atoms with Crippen LogP contribution >= 0.6 is 11.3 Å². The van der Waals surface area contributed by atoms with Crippen molar-refractivity contribution in [1.82, 2.24) is 0 Å². The Labute approximate surface area is 119 Å². The van der Waals surface area contributed by atoms with E-state index in [-0.39, 0.29) is 21.9 Å². The fourth-order valence-electron chi connectivity index (χ4n) is 1.78. The number of phenols is 1. The summed E-state index contributed by atoms with van der Waals surface area (Å²) in [6.45, 7) is 3.40. The second-order valence-corrected chi connectivity index (χ2v) is 5.23. The Balaban J connectivity index is 2.35. The number of amides is 1. The van der Waals surface area contributed by atoms with Crippen LogP contribution < -0.4 is 5.32 Å². The number of phenolic OH excluding ortho intramolecular Hbond substituents is 1. The molecule has 6 heteroatoms. The van der Waals surface area contributed by atoms with Crippen LogP contribution in [0.25, 0.3) is 0 Å². The maximum absolute atomic E-state index is 12.2. The molecule has 20 heavy (non-hydrogen) atoms. The summed E-state index contributed by atoms with van der Waals surface area (Å²) in [7, 11) is 0. The predicted molar refractivity (Wildman–Crippen MR) is 76.8 cm³/mol. The van der Waals surface area contributed by atoms with E-state index in [1.54, 1.807) is 31.4 Å². The zero-order chi connectivity index (χ0) is 14.9. The lowest BCUT2D eigenvalue weighted by atomic mass is 10.1. The standard InChI is InChI=1S/C14H13NO4S/c1-7-4-3-5-9(11(7)16)13(17)15-10-8(2)6-20-12(10)14(18)19/h3-6,16H,1-2H3,(H,15,17)(H,18,19). The van der Waals surface area contributed by atoms with Crippen LogP contribution in [-0.4, -0.2) is 22.1 Å². The average Bonchev–Trinajstić information content (AvgIpc) is 2.74. The van der Waals surface area contributed by atoms with Crippen LogP contribution in [0.15, 0.2) is 23.6 Å². The Kier molecular flexibility index (Phi) is 3.76. The Morgan fingerprint density at radius 2 is 1.90 bits per heavy atom. The first-order valence-electron chi connectivity index (χ1n) is 5.83.